The first kappa shape index (κ1) is 18.9. The average molecular weight is 363 g/mol. The molecule has 6 heteroatoms. The number of fused-ring (bicyclic) bond motifs is 1. The van der Waals surface area contributed by atoms with E-state index in [2.05, 4.69) is 30.0 Å². The largest absolute Gasteiger partial charge is 0.490 e. The Morgan fingerprint density at radius 3 is 2.78 bits per heavy atom. The van der Waals surface area contributed by atoms with E-state index in [0.717, 1.165) is 29.0 Å². The number of rotatable bonds is 6. The van der Waals surface area contributed by atoms with E-state index in [9.17, 15) is 5.26 Å². The van der Waals surface area contributed by atoms with Crippen LogP contribution in [0.25, 0.3) is 16.9 Å². The Morgan fingerprint density at radius 2 is 2.07 bits per heavy atom. The fourth-order valence-corrected chi connectivity index (χ4v) is 3.37. The second-order valence-corrected chi connectivity index (χ2v) is 7.75. The second-order valence-electron chi connectivity index (χ2n) is 7.75. The maximum atomic E-state index is 9.59. The van der Waals surface area contributed by atoms with Crippen LogP contribution < -0.4 is 10.5 Å². The molecule has 0 bridgehead atoms. The quantitative estimate of drug-likeness (QED) is 0.721. The first-order chi connectivity index (χ1) is 12.8. The zero-order valence-corrected chi connectivity index (χ0v) is 16.2. The van der Waals surface area contributed by atoms with Crippen molar-refractivity contribution in [2.45, 2.75) is 39.7 Å². The Kier molecular flexibility index (Phi) is 5.15. The molecule has 6 nitrogen and oxygen atoms in total. The van der Waals surface area contributed by atoms with Crippen LogP contribution in [0, 0.1) is 24.2 Å². The molecule has 1 aromatic carbocycles. The SMILES string of the molecule is Cc1cc2nccc(-c3ccc(OC[C@@](C)(N)CC(C)C)c(C#N)c3)n2n1. The number of nitrogens with two attached hydrogens (primary N) is 1. The molecule has 0 fully saturated rings. The van der Waals surface area contributed by atoms with Crippen LogP contribution in [0.15, 0.2) is 36.5 Å². The number of nitriles is 1. The van der Waals surface area contributed by atoms with E-state index < -0.39 is 5.54 Å². The number of ether oxygens (including phenoxy) is 1. The monoisotopic (exact) mass is 363 g/mol. The summed E-state index contributed by atoms with van der Waals surface area (Å²) in [7, 11) is 0. The molecular weight excluding hydrogens is 338 g/mol. The third kappa shape index (κ3) is 4.26. The highest BCUT2D eigenvalue weighted by Gasteiger charge is 2.22. The molecule has 3 aromatic rings. The molecule has 0 saturated carbocycles. The summed E-state index contributed by atoms with van der Waals surface area (Å²) in [6.45, 7) is 8.52. The summed E-state index contributed by atoms with van der Waals surface area (Å²) in [6, 6.07) is 11.6. The summed E-state index contributed by atoms with van der Waals surface area (Å²) >= 11 is 0. The van der Waals surface area contributed by atoms with Crippen LogP contribution in [0.3, 0.4) is 0 Å². The number of benzene rings is 1. The molecule has 0 saturated heterocycles. The first-order valence-corrected chi connectivity index (χ1v) is 9.07. The fourth-order valence-electron chi connectivity index (χ4n) is 3.37. The number of nitrogens with zero attached hydrogens (tertiary/aromatic N) is 4. The van der Waals surface area contributed by atoms with Crippen molar-refractivity contribution in [3.63, 3.8) is 0 Å². The van der Waals surface area contributed by atoms with E-state index in [1.807, 2.05) is 44.2 Å². The predicted octanol–water partition coefficient (Wildman–Crippen LogP) is 3.72. The summed E-state index contributed by atoms with van der Waals surface area (Å²) in [6.07, 6.45) is 2.59. The van der Waals surface area contributed by atoms with Crippen molar-refractivity contribution >= 4 is 5.65 Å². The van der Waals surface area contributed by atoms with Gasteiger partial charge in [-0.3, -0.25) is 0 Å². The topological polar surface area (TPSA) is 89.2 Å². The lowest BCUT2D eigenvalue weighted by Gasteiger charge is -2.26. The van der Waals surface area contributed by atoms with Gasteiger partial charge in [0.05, 0.1) is 17.0 Å². The Hall–Kier alpha value is -2.91. The normalized spacial score (nSPS) is 13.5. The minimum absolute atomic E-state index is 0.358. The number of aromatic nitrogens is 3. The molecule has 2 N–H and O–H groups in total. The lowest BCUT2D eigenvalue weighted by Crippen LogP contribution is -2.43. The fraction of sp³-hybridized carbons (Fsp3) is 0.381. The first-order valence-electron chi connectivity index (χ1n) is 9.07. The Labute approximate surface area is 159 Å². The van der Waals surface area contributed by atoms with Gasteiger partial charge in [-0.15, -0.1) is 0 Å². The Morgan fingerprint density at radius 1 is 1.30 bits per heavy atom. The zero-order chi connectivity index (χ0) is 19.6. The van der Waals surface area contributed by atoms with Crippen molar-refractivity contribution in [1.82, 2.24) is 14.6 Å². The molecule has 0 amide bonds. The van der Waals surface area contributed by atoms with Crippen molar-refractivity contribution in [2.75, 3.05) is 6.61 Å². The Bertz CT molecular complexity index is 997. The van der Waals surface area contributed by atoms with Crippen molar-refractivity contribution in [1.29, 1.82) is 5.26 Å². The van der Waals surface area contributed by atoms with Crippen LogP contribution in [0.1, 0.15) is 38.4 Å². The van der Waals surface area contributed by atoms with Crippen LogP contribution in [0.5, 0.6) is 5.75 Å². The van der Waals surface area contributed by atoms with E-state index in [1.54, 1.807) is 10.7 Å². The summed E-state index contributed by atoms with van der Waals surface area (Å²) < 4.78 is 7.68. The maximum absolute atomic E-state index is 9.59. The van der Waals surface area contributed by atoms with Gasteiger partial charge in [-0.25, -0.2) is 9.50 Å². The molecule has 0 unspecified atom stereocenters. The van der Waals surface area contributed by atoms with Gasteiger partial charge in [0.25, 0.3) is 0 Å². The highest BCUT2D eigenvalue weighted by Crippen LogP contribution is 2.27. The van der Waals surface area contributed by atoms with Gasteiger partial charge >= 0.3 is 0 Å². The van der Waals surface area contributed by atoms with Crippen molar-refractivity contribution in [3.05, 3.63) is 47.8 Å². The average Bonchev–Trinajstić information content (AvgIpc) is 2.99. The molecule has 0 aliphatic heterocycles. The van der Waals surface area contributed by atoms with Gasteiger partial charge in [-0.1, -0.05) is 13.8 Å². The van der Waals surface area contributed by atoms with Gasteiger partial charge in [-0.05, 0) is 50.5 Å². The summed E-state index contributed by atoms with van der Waals surface area (Å²) in [4.78, 5) is 4.33. The van der Waals surface area contributed by atoms with Gasteiger partial charge in [0.2, 0.25) is 0 Å². The van der Waals surface area contributed by atoms with Crippen LogP contribution in [-0.2, 0) is 0 Å². The highest BCUT2D eigenvalue weighted by molar-refractivity contribution is 5.66. The van der Waals surface area contributed by atoms with Crippen LogP contribution >= 0.6 is 0 Å². The van der Waals surface area contributed by atoms with Crippen LogP contribution in [0.2, 0.25) is 0 Å². The highest BCUT2D eigenvalue weighted by atomic mass is 16.5. The summed E-state index contributed by atoms with van der Waals surface area (Å²) in [5, 5.41) is 14.1. The second kappa shape index (κ2) is 7.37. The van der Waals surface area contributed by atoms with Gasteiger partial charge < -0.3 is 10.5 Å². The summed E-state index contributed by atoms with van der Waals surface area (Å²) in [5.41, 5.74) is 9.77. The van der Waals surface area contributed by atoms with Gasteiger partial charge in [0, 0.05) is 23.4 Å². The summed E-state index contributed by atoms with van der Waals surface area (Å²) in [5.74, 6) is 1.02. The molecule has 0 spiro atoms. The minimum atomic E-state index is -0.441. The maximum Gasteiger partial charge on any atom is 0.155 e. The molecule has 0 aliphatic carbocycles. The standard InChI is InChI=1S/C21H25N5O/c1-14(2)11-21(4,23)13-27-19-6-5-16(10-17(19)12-22)18-7-8-24-20-9-15(3)25-26(18)20/h5-10,14H,11,13,23H2,1-4H3/t21-/m0/s1. The third-order valence-electron chi connectivity index (χ3n) is 4.31. The lowest BCUT2D eigenvalue weighted by molar-refractivity contribution is 0.206. The van der Waals surface area contributed by atoms with Crippen LogP contribution in [0.4, 0.5) is 0 Å². The van der Waals surface area contributed by atoms with E-state index >= 15 is 0 Å². The number of hydrogen-bond donors (Lipinski definition) is 1. The lowest BCUT2D eigenvalue weighted by atomic mass is 9.93. The Balaban J connectivity index is 1.89. The molecule has 2 aromatic heterocycles. The number of aryl methyl sites for hydroxylation is 1. The molecule has 3 rings (SSSR count). The van der Waals surface area contributed by atoms with Crippen molar-refractivity contribution < 1.29 is 4.74 Å². The van der Waals surface area contributed by atoms with Crippen molar-refractivity contribution in [3.8, 4) is 23.1 Å². The van der Waals surface area contributed by atoms with Crippen LogP contribution in [-0.4, -0.2) is 26.7 Å². The van der Waals surface area contributed by atoms with E-state index in [4.69, 9.17) is 10.5 Å². The molecular formula is C21H25N5O. The van der Waals surface area contributed by atoms with Crippen molar-refractivity contribution in [2.24, 2.45) is 11.7 Å². The number of hydrogen-bond acceptors (Lipinski definition) is 5. The minimum Gasteiger partial charge on any atom is -0.490 e. The molecule has 0 radical (unpaired) electrons. The third-order valence-corrected chi connectivity index (χ3v) is 4.31. The molecule has 27 heavy (non-hydrogen) atoms. The van der Waals surface area contributed by atoms with E-state index in [0.29, 0.717) is 23.8 Å². The van der Waals surface area contributed by atoms with Gasteiger partial charge in [-0.2, -0.15) is 10.4 Å². The smallest absolute Gasteiger partial charge is 0.155 e. The van der Waals surface area contributed by atoms with Gasteiger partial charge in [0.1, 0.15) is 18.4 Å². The molecule has 2 heterocycles. The van der Waals surface area contributed by atoms with E-state index in [1.165, 1.54) is 0 Å². The molecule has 0 aliphatic rings. The molecule has 140 valence electrons. The predicted molar refractivity (Wildman–Crippen MR) is 105 cm³/mol. The van der Waals surface area contributed by atoms with Gasteiger partial charge in [0.15, 0.2) is 5.65 Å². The molecule has 1 atom stereocenters. The zero-order valence-electron chi connectivity index (χ0n) is 16.2. The van der Waals surface area contributed by atoms with E-state index in [-0.39, 0.29) is 0 Å².